The lowest BCUT2D eigenvalue weighted by molar-refractivity contribution is -0.125. The van der Waals surface area contributed by atoms with Gasteiger partial charge in [0.15, 0.2) is 11.5 Å². The summed E-state index contributed by atoms with van der Waals surface area (Å²) < 4.78 is 14.8. The van der Waals surface area contributed by atoms with Crippen LogP contribution in [0.5, 0.6) is 0 Å². The Hall–Kier alpha value is -3.03. The van der Waals surface area contributed by atoms with E-state index in [-0.39, 0.29) is 23.6 Å². The van der Waals surface area contributed by atoms with Crippen molar-refractivity contribution < 1.29 is 9.18 Å². The fourth-order valence-electron chi connectivity index (χ4n) is 3.85. The fourth-order valence-corrected chi connectivity index (χ4v) is 3.85. The van der Waals surface area contributed by atoms with Crippen molar-refractivity contribution in [3.63, 3.8) is 0 Å². The van der Waals surface area contributed by atoms with E-state index in [0.717, 1.165) is 42.2 Å². The standard InChI is InChI=1S/C22H27FN6O/c1-15(2)21-26-25-19-9-10-20(27-29(19)21)28-13-3-4-17(14-28)22(30)24-12-11-16-5-7-18(23)8-6-16/h5-10,15,17H,3-4,11-14H2,1-2H3,(H,24,30)/t17-/m0/s1. The highest BCUT2D eigenvalue weighted by atomic mass is 19.1. The molecule has 3 heterocycles. The van der Waals surface area contributed by atoms with E-state index in [1.54, 1.807) is 16.6 Å². The van der Waals surface area contributed by atoms with Crippen LogP contribution in [-0.4, -0.2) is 45.4 Å². The summed E-state index contributed by atoms with van der Waals surface area (Å²) in [6, 6.07) is 10.3. The first-order valence-electron chi connectivity index (χ1n) is 10.5. The lowest BCUT2D eigenvalue weighted by Gasteiger charge is -2.32. The minimum atomic E-state index is -0.246. The third-order valence-electron chi connectivity index (χ3n) is 5.53. The highest BCUT2D eigenvalue weighted by molar-refractivity contribution is 5.79. The SMILES string of the molecule is CC(C)c1nnc2ccc(N3CCC[C@H](C(=O)NCCc4ccc(F)cc4)C3)nn12. The average Bonchev–Trinajstić information content (AvgIpc) is 3.19. The Labute approximate surface area is 175 Å². The van der Waals surface area contributed by atoms with Crippen LogP contribution in [0.1, 0.15) is 44.0 Å². The molecule has 1 N–H and O–H groups in total. The van der Waals surface area contributed by atoms with Gasteiger partial charge >= 0.3 is 0 Å². The molecule has 0 saturated carbocycles. The molecule has 0 aliphatic carbocycles. The fraction of sp³-hybridized carbons (Fsp3) is 0.455. The normalized spacial score (nSPS) is 16.9. The summed E-state index contributed by atoms with van der Waals surface area (Å²) in [4.78, 5) is 14.9. The van der Waals surface area contributed by atoms with E-state index in [1.165, 1.54) is 12.1 Å². The number of anilines is 1. The van der Waals surface area contributed by atoms with Crippen LogP contribution < -0.4 is 10.2 Å². The summed E-state index contributed by atoms with van der Waals surface area (Å²) >= 11 is 0. The van der Waals surface area contributed by atoms with Crippen molar-refractivity contribution in [1.29, 1.82) is 0 Å². The number of nitrogens with one attached hydrogen (secondary N) is 1. The minimum absolute atomic E-state index is 0.0649. The highest BCUT2D eigenvalue weighted by Crippen LogP contribution is 2.23. The maximum Gasteiger partial charge on any atom is 0.224 e. The molecule has 1 amide bonds. The molecule has 0 spiro atoms. The number of nitrogens with zero attached hydrogens (tertiary/aromatic N) is 5. The number of carbonyl (C=O) groups is 1. The Balaban J connectivity index is 1.37. The van der Waals surface area contributed by atoms with Crippen LogP contribution in [0, 0.1) is 11.7 Å². The molecule has 8 heteroatoms. The van der Waals surface area contributed by atoms with Gasteiger partial charge in [0.05, 0.1) is 5.92 Å². The first-order chi connectivity index (χ1) is 14.5. The van der Waals surface area contributed by atoms with Gasteiger partial charge in [-0.25, -0.2) is 4.39 Å². The Bertz CT molecular complexity index is 1020. The lowest BCUT2D eigenvalue weighted by Crippen LogP contribution is -2.44. The molecule has 2 aromatic heterocycles. The van der Waals surface area contributed by atoms with Gasteiger partial charge in [-0.2, -0.15) is 4.52 Å². The number of hydrogen-bond acceptors (Lipinski definition) is 5. The summed E-state index contributed by atoms with van der Waals surface area (Å²) in [6.07, 6.45) is 2.49. The highest BCUT2D eigenvalue weighted by Gasteiger charge is 2.27. The third-order valence-corrected chi connectivity index (χ3v) is 5.53. The molecule has 0 radical (unpaired) electrons. The van der Waals surface area contributed by atoms with Crippen LogP contribution in [0.3, 0.4) is 0 Å². The van der Waals surface area contributed by atoms with Gasteiger partial charge in [-0.1, -0.05) is 26.0 Å². The van der Waals surface area contributed by atoms with Crippen molar-refractivity contribution in [3.05, 3.63) is 53.6 Å². The molecular weight excluding hydrogens is 383 g/mol. The van der Waals surface area contributed by atoms with Crippen molar-refractivity contribution in [2.24, 2.45) is 5.92 Å². The van der Waals surface area contributed by atoms with Gasteiger partial charge in [0.1, 0.15) is 11.6 Å². The van der Waals surface area contributed by atoms with Gasteiger partial charge in [0, 0.05) is 25.6 Å². The lowest BCUT2D eigenvalue weighted by atomic mass is 9.97. The van der Waals surface area contributed by atoms with Crippen LogP contribution in [0.25, 0.3) is 5.65 Å². The van der Waals surface area contributed by atoms with E-state index in [0.29, 0.717) is 19.5 Å². The molecule has 0 unspecified atom stereocenters. The molecule has 1 atom stereocenters. The third kappa shape index (κ3) is 4.42. The molecule has 30 heavy (non-hydrogen) atoms. The van der Waals surface area contributed by atoms with Crippen LogP contribution in [0.2, 0.25) is 0 Å². The number of halogens is 1. The number of hydrogen-bond donors (Lipinski definition) is 1. The molecule has 0 bridgehead atoms. The van der Waals surface area contributed by atoms with Crippen molar-refractivity contribution in [1.82, 2.24) is 25.1 Å². The predicted octanol–water partition coefficient (Wildman–Crippen LogP) is 2.96. The van der Waals surface area contributed by atoms with Crippen molar-refractivity contribution >= 4 is 17.4 Å². The molecule has 158 valence electrons. The van der Waals surface area contributed by atoms with Crippen LogP contribution in [0.15, 0.2) is 36.4 Å². The molecule has 1 aliphatic heterocycles. The summed E-state index contributed by atoms with van der Waals surface area (Å²) in [6.45, 7) is 6.19. The van der Waals surface area contributed by atoms with E-state index >= 15 is 0 Å². The molecule has 1 fully saturated rings. The van der Waals surface area contributed by atoms with Gasteiger partial charge < -0.3 is 10.2 Å². The van der Waals surface area contributed by atoms with E-state index in [9.17, 15) is 9.18 Å². The molecule has 3 aromatic rings. The Morgan fingerprint density at radius 1 is 1.20 bits per heavy atom. The Morgan fingerprint density at radius 2 is 2.00 bits per heavy atom. The average molecular weight is 410 g/mol. The largest absolute Gasteiger partial charge is 0.355 e. The van der Waals surface area contributed by atoms with Gasteiger partial charge in [0.25, 0.3) is 0 Å². The number of carbonyl (C=O) groups excluding carboxylic acids is 1. The first-order valence-corrected chi connectivity index (χ1v) is 10.5. The second kappa shape index (κ2) is 8.77. The van der Waals surface area contributed by atoms with Gasteiger partial charge in [-0.15, -0.1) is 15.3 Å². The monoisotopic (exact) mass is 410 g/mol. The van der Waals surface area contributed by atoms with E-state index in [1.807, 2.05) is 12.1 Å². The molecular formula is C22H27FN6O. The smallest absolute Gasteiger partial charge is 0.224 e. The number of amides is 1. The zero-order chi connectivity index (χ0) is 21.1. The minimum Gasteiger partial charge on any atom is -0.355 e. The maximum atomic E-state index is 13.0. The Kier molecular flexibility index (Phi) is 5.92. The van der Waals surface area contributed by atoms with Crippen LogP contribution >= 0.6 is 0 Å². The Morgan fingerprint density at radius 3 is 2.77 bits per heavy atom. The van der Waals surface area contributed by atoms with Crippen LogP contribution in [0.4, 0.5) is 10.2 Å². The van der Waals surface area contributed by atoms with Gasteiger partial charge in [-0.05, 0) is 49.1 Å². The van der Waals surface area contributed by atoms with Crippen molar-refractivity contribution in [2.75, 3.05) is 24.5 Å². The summed E-state index contributed by atoms with van der Waals surface area (Å²) in [7, 11) is 0. The quantitative estimate of drug-likeness (QED) is 0.676. The first kappa shape index (κ1) is 20.3. The zero-order valence-electron chi connectivity index (χ0n) is 17.4. The van der Waals surface area contributed by atoms with Gasteiger partial charge in [0.2, 0.25) is 5.91 Å². The summed E-state index contributed by atoms with van der Waals surface area (Å²) in [5, 5.41) is 16.2. The van der Waals surface area contributed by atoms with Crippen molar-refractivity contribution in [3.8, 4) is 0 Å². The zero-order valence-corrected chi connectivity index (χ0v) is 17.4. The van der Waals surface area contributed by atoms with E-state index < -0.39 is 0 Å². The number of rotatable bonds is 6. The van der Waals surface area contributed by atoms with Crippen LogP contribution in [-0.2, 0) is 11.2 Å². The number of aromatic nitrogens is 4. The van der Waals surface area contributed by atoms with E-state index in [2.05, 4.69) is 34.3 Å². The molecule has 1 aromatic carbocycles. The topological polar surface area (TPSA) is 75.4 Å². The second-order valence-corrected chi connectivity index (χ2v) is 8.13. The molecule has 1 aliphatic rings. The summed E-state index contributed by atoms with van der Waals surface area (Å²) in [5.74, 6) is 1.64. The van der Waals surface area contributed by atoms with Gasteiger partial charge in [-0.3, -0.25) is 4.79 Å². The summed E-state index contributed by atoms with van der Waals surface area (Å²) in [5.41, 5.74) is 1.74. The second-order valence-electron chi connectivity index (χ2n) is 8.13. The predicted molar refractivity (Wildman–Crippen MR) is 113 cm³/mol. The molecule has 4 rings (SSSR count). The molecule has 7 nitrogen and oxygen atoms in total. The molecule has 1 saturated heterocycles. The number of piperidine rings is 1. The van der Waals surface area contributed by atoms with E-state index in [4.69, 9.17) is 5.10 Å². The number of fused-ring (bicyclic) bond motifs is 1. The van der Waals surface area contributed by atoms with Crippen molar-refractivity contribution in [2.45, 2.75) is 39.0 Å². The maximum absolute atomic E-state index is 13.0. The number of benzene rings is 1.